The molecule has 1 aromatic rings. The van der Waals surface area contributed by atoms with Crippen molar-refractivity contribution in [3.8, 4) is 0 Å². The molecule has 1 unspecified atom stereocenters. The fourth-order valence-electron chi connectivity index (χ4n) is 1.47. The highest BCUT2D eigenvalue weighted by Gasteiger charge is 2.17. The summed E-state index contributed by atoms with van der Waals surface area (Å²) < 4.78 is 13.4. The van der Waals surface area contributed by atoms with Crippen molar-refractivity contribution in [2.45, 2.75) is 33.2 Å². The SMILES string of the molecule is CCC(=O)C(C)NC(=O)c1cc(C)ccc1F. The second-order valence-electron chi connectivity index (χ2n) is 4.00. The molecule has 0 fully saturated rings. The number of aryl methyl sites for hydroxylation is 1. The van der Waals surface area contributed by atoms with Gasteiger partial charge in [-0.15, -0.1) is 0 Å². The minimum absolute atomic E-state index is 0.0271. The van der Waals surface area contributed by atoms with Gasteiger partial charge in [-0.3, -0.25) is 9.59 Å². The van der Waals surface area contributed by atoms with Crippen LogP contribution in [0.2, 0.25) is 0 Å². The highest BCUT2D eigenvalue weighted by molar-refractivity contribution is 5.98. The van der Waals surface area contributed by atoms with E-state index >= 15 is 0 Å². The summed E-state index contributed by atoms with van der Waals surface area (Å²) in [5.41, 5.74) is 0.770. The Bertz CT molecular complexity index is 443. The summed E-state index contributed by atoms with van der Waals surface area (Å²) in [6.07, 6.45) is 0.345. The van der Waals surface area contributed by atoms with Gasteiger partial charge in [0.25, 0.3) is 5.91 Å². The molecule has 0 bridgehead atoms. The van der Waals surface area contributed by atoms with Crippen molar-refractivity contribution in [3.05, 3.63) is 35.1 Å². The molecule has 3 nitrogen and oxygen atoms in total. The van der Waals surface area contributed by atoms with Crippen LogP contribution in [0.25, 0.3) is 0 Å². The lowest BCUT2D eigenvalue weighted by Crippen LogP contribution is -2.38. The van der Waals surface area contributed by atoms with Crippen molar-refractivity contribution >= 4 is 11.7 Å². The van der Waals surface area contributed by atoms with Crippen molar-refractivity contribution in [3.63, 3.8) is 0 Å². The van der Waals surface area contributed by atoms with E-state index < -0.39 is 17.8 Å². The predicted octanol–water partition coefficient (Wildman–Crippen LogP) is 2.23. The van der Waals surface area contributed by atoms with Crippen LogP contribution in [0.3, 0.4) is 0 Å². The van der Waals surface area contributed by atoms with E-state index in [9.17, 15) is 14.0 Å². The number of hydrogen-bond donors (Lipinski definition) is 1. The summed E-state index contributed by atoms with van der Waals surface area (Å²) in [5.74, 6) is -1.21. The lowest BCUT2D eigenvalue weighted by Gasteiger charge is -2.12. The normalized spacial score (nSPS) is 12.0. The number of Topliss-reactive ketones (excluding diaryl/α,β-unsaturated/α-hetero) is 1. The van der Waals surface area contributed by atoms with Crippen LogP contribution in [0.15, 0.2) is 18.2 Å². The monoisotopic (exact) mass is 237 g/mol. The van der Waals surface area contributed by atoms with Crippen LogP contribution in [0, 0.1) is 12.7 Å². The van der Waals surface area contributed by atoms with E-state index in [0.717, 1.165) is 5.56 Å². The number of ketones is 1. The molecule has 17 heavy (non-hydrogen) atoms. The molecule has 4 heteroatoms. The highest BCUT2D eigenvalue weighted by Crippen LogP contribution is 2.10. The highest BCUT2D eigenvalue weighted by atomic mass is 19.1. The first-order chi connectivity index (χ1) is 7.95. The minimum atomic E-state index is -0.590. The van der Waals surface area contributed by atoms with Gasteiger partial charge in [-0.2, -0.15) is 0 Å². The minimum Gasteiger partial charge on any atom is -0.342 e. The van der Waals surface area contributed by atoms with Crippen molar-refractivity contribution in [1.29, 1.82) is 0 Å². The molecule has 0 saturated carbocycles. The molecular formula is C13H16FNO2. The Morgan fingerprint density at radius 2 is 2.06 bits per heavy atom. The van der Waals surface area contributed by atoms with Gasteiger partial charge in [0, 0.05) is 6.42 Å². The first-order valence-electron chi connectivity index (χ1n) is 5.55. The van der Waals surface area contributed by atoms with Crippen molar-refractivity contribution < 1.29 is 14.0 Å². The molecular weight excluding hydrogens is 221 g/mol. The number of amides is 1. The van der Waals surface area contributed by atoms with Crippen molar-refractivity contribution in [1.82, 2.24) is 5.32 Å². The van der Waals surface area contributed by atoms with E-state index in [-0.39, 0.29) is 11.3 Å². The molecule has 0 radical (unpaired) electrons. The van der Waals surface area contributed by atoms with Gasteiger partial charge in [-0.05, 0) is 26.0 Å². The third-order valence-electron chi connectivity index (χ3n) is 2.55. The van der Waals surface area contributed by atoms with E-state index in [2.05, 4.69) is 5.32 Å². The van der Waals surface area contributed by atoms with E-state index in [1.54, 1.807) is 26.8 Å². The van der Waals surface area contributed by atoms with Gasteiger partial charge in [-0.25, -0.2) is 4.39 Å². The predicted molar refractivity (Wildman–Crippen MR) is 63.4 cm³/mol. The Kier molecular flexibility index (Phi) is 4.37. The van der Waals surface area contributed by atoms with Crippen LogP contribution >= 0.6 is 0 Å². The Morgan fingerprint density at radius 1 is 1.41 bits per heavy atom. The average Bonchev–Trinajstić information content (AvgIpc) is 2.30. The van der Waals surface area contributed by atoms with Crippen LogP contribution in [-0.4, -0.2) is 17.7 Å². The quantitative estimate of drug-likeness (QED) is 0.872. The zero-order chi connectivity index (χ0) is 13.0. The van der Waals surface area contributed by atoms with Gasteiger partial charge in [-0.1, -0.05) is 18.6 Å². The third-order valence-corrected chi connectivity index (χ3v) is 2.55. The third kappa shape index (κ3) is 3.37. The average molecular weight is 237 g/mol. The molecule has 92 valence electrons. The second kappa shape index (κ2) is 5.57. The Labute approximate surface area is 100 Å². The number of rotatable bonds is 4. The van der Waals surface area contributed by atoms with E-state index in [1.807, 2.05) is 0 Å². The summed E-state index contributed by atoms with van der Waals surface area (Å²) in [6, 6.07) is 3.71. The standard InChI is InChI=1S/C13H16FNO2/c1-4-12(16)9(3)15-13(17)10-7-8(2)5-6-11(10)14/h5-7,9H,4H2,1-3H3,(H,15,17). The number of hydrogen-bond acceptors (Lipinski definition) is 2. The molecule has 1 aromatic carbocycles. The number of carbonyl (C=O) groups is 2. The molecule has 1 atom stereocenters. The fourth-order valence-corrected chi connectivity index (χ4v) is 1.47. The topological polar surface area (TPSA) is 46.2 Å². The van der Waals surface area contributed by atoms with Crippen LogP contribution in [0.5, 0.6) is 0 Å². The molecule has 0 heterocycles. The maximum atomic E-state index is 13.4. The Morgan fingerprint density at radius 3 is 2.65 bits per heavy atom. The van der Waals surface area contributed by atoms with E-state index in [1.165, 1.54) is 12.1 Å². The summed E-state index contributed by atoms with van der Waals surface area (Å²) >= 11 is 0. The summed E-state index contributed by atoms with van der Waals surface area (Å²) in [6.45, 7) is 5.09. The number of nitrogens with one attached hydrogen (secondary N) is 1. The van der Waals surface area contributed by atoms with Crippen LogP contribution in [0.4, 0.5) is 4.39 Å². The summed E-state index contributed by atoms with van der Waals surface area (Å²) in [7, 11) is 0. The smallest absolute Gasteiger partial charge is 0.254 e. The molecule has 0 aromatic heterocycles. The number of benzene rings is 1. The van der Waals surface area contributed by atoms with Crippen molar-refractivity contribution in [2.24, 2.45) is 0 Å². The molecule has 1 amide bonds. The first-order valence-corrected chi connectivity index (χ1v) is 5.55. The van der Waals surface area contributed by atoms with E-state index in [4.69, 9.17) is 0 Å². The Balaban J connectivity index is 2.83. The lowest BCUT2D eigenvalue weighted by atomic mass is 10.1. The largest absolute Gasteiger partial charge is 0.342 e. The number of halogens is 1. The zero-order valence-electron chi connectivity index (χ0n) is 10.2. The van der Waals surface area contributed by atoms with Crippen LogP contribution in [-0.2, 0) is 4.79 Å². The molecule has 0 aliphatic rings. The lowest BCUT2D eigenvalue weighted by molar-refractivity contribution is -0.120. The van der Waals surface area contributed by atoms with E-state index in [0.29, 0.717) is 6.42 Å². The van der Waals surface area contributed by atoms with Gasteiger partial charge < -0.3 is 5.32 Å². The summed E-state index contributed by atoms with van der Waals surface area (Å²) in [5, 5.41) is 2.49. The van der Waals surface area contributed by atoms with Gasteiger partial charge in [0.15, 0.2) is 5.78 Å². The number of carbonyl (C=O) groups excluding carboxylic acids is 2. The zero-order valence-corrected chi connectivity index (χ0v) is 10.2. The molecule has 1 rings (SSSR count). The van der Waals surface area contributed by atoms with Crippen LogP contribution < -0.4 is 5.32 Å². The maximum absolute atomic E-state index is 13.4. The summed E-state index contributed by atoms with van der Waals surface area (Å²) in [4.78, 5) is 23.1. The second-order valence-corrected chi connectivity index (χ2v) is 4.00. The fraction of sp³-hybridized carbons (Fsp3) is 0.385. The van der Waals surface area contributed by atoms with Crippen molar-refractivity contribution in [2.75, 3.05) is 0 Å². The van der Waals surface area contributed by atoms with Crippen LogP contribution in [0.1, 0.15) is 36.2 Å². The Hall–Kier alpha value is -1.71. The van der Waals surface area contributed by atoms with Gasteiger partial charge in [0.05, 0.1) is 11.6 Å². The molecule has 1 N–H and O–H groups in total. The maximum Gasteiger partial charge on any atom is 0.254 e. The molecule has 0 aliphatic heterocycles. The molecule has 0 saturated heterocycles. The van der Waals surface area contributed by atoms with Gasteiger partial charge in [0.1, 0.15) is 5.82 Å². The molecule has 0 spiro atoms. The molecule has 0 aliphatic carbocycles. The first kappa shape index (κ1) is 13.4. The van der Waals surface area contributed by atoms with Gasteiger partial charge >= 0.3 is 0 Å². The van der Waals surface area contributed by atoms with Gasteiger partial charge in [0.2, 0.25) is 0 Å².